The molecular weight excluding hydrogens is 456 g/mol. The maximum Gasteiger partial charge on any atom is 0.335 e. The SMILES string of the molecule is CCCc1cn(-c2ncnn2C(C)(C)C)c(=O)n1Cc1ccc(-c2ccccc2-c2nn[nH]n2)nc1. The van der Waals surface area contributed by atoms with Crippen molar-refractivity contribution in [3.8, 4) is 28.6 Å². The number of aryl methyl sites for hydroxylation is 1. The van der Waals surface area contributed by atoms with Gasteiger partial charge in [0.2, 0.25) is 11.8 Å². The van der Waals surface area contributed by atoms with E-state index in [1.807, 2.05) is 63.4 Å². The summed E-state index contributed by atoms with van der Waals surface area (Å²) in [6.45, 7) is 8.60. The third-order valence-corrected chi connectivity index (χ3v) is 5.90. The van der Waals surface area contributed by atoms with E-state index in [1.54, 1.807) is 20.0 Å². The van der Waals surface area contributed by atoms with Gasteiger partial charge < -0.3 is 0 Å². The van der Waals surface area contributed by atoms with E-state index in [0.29, 0.717) is 18.3 Å². The molecule has 0 atom stereocenters. The summed E-state index contributed by atoms with van der Waals surface area (Å²) < 4.78 is 5.15. The number of nitrogens with one attached hydrogen (secondary N) is 1. The molecule has 5 aromatic rings. The number of hydrogen-bond donors (Lipinski definition) is 1. The van der Waals surface area contributed by atoms with Gasteiger partial charge in [0.1, 0.15) is 6.33 Å². The van der Waals surface area contributed by atoms with Crippen LogP contribution in [0.15, 0.2) is 59.9 Å². The topological polar surface area (TPSA) is 125 Å². The molecule has 4 aromatic heterocycles. The van der Waals surface area contributed by atoms with Crippen LogP contribution in [0.3, 0.4) is 0 Å². The summed E-state index contributed by atoms with van der Waals surface area (Å²) in [6.07, 6.45) is 6.86. The Morgan fingerprint density at radius 3 is 2.50 bits per heavy atom. The lowest BCUT2D eigenvalue weighted by atomic mass is 10.0. The summed E-state index contributed by atoms with van der Waals surface area (Å²) in [6, 6.07) is 11.7. The molecule has 1 N–H and O–H groups in total. The molecule has 4 heterocycles. The van der Waals surface area contributed by atoms with Gasteiger partial charge in [-0.2, -0.15) is 15.3 Å². The van der Waals surface area contributed by atoms with Crippen LogP contribution in [0, 0.1) is 0 Å². The summed E-state index contributed by atoms with van der Waals surface area (Å²) in [5, 5.41) is 18.7. The van der Waals surface area contributed by atoms with Crippen LogP contribution in [0.4, 0.5) is 0 Å². The van der Waals surface area contributed by atoms with Crippen LogP contribution in [0.5, 0.6) is 0 Å². The van der Waals surface area contributed by atoms with Gasteiger partial charge in [0.15, 0.2) is 0 Å². The van der Waals surface area contributed by atoms with Crippen LogP contribution in [0.25, 0.3) is 28.6 Å². The van der Waals surface area contributed by atoms with E-state index in [2.05, 4.69) is 42.6 Å². The molecule has 0 saturated carbocycles. The van der Waals surface area contributed by atoms with Crippen LogP contribution < -0.4 is 5.69 Å². The van der Waals surface area contributed by atoms with Crippen molar-refractivity contribution >= 4 is 0 Å². The summed E-state index contributed by atoms with van der Waals surface area (Å²) in [4.78, 5) is 22.6. The van der Waals surface area contributed by atoms with E-state index in [4.69, 9.17) is 0 Å². The number of H-pyrrole nitrogens is 1. The van der Waals surface area contributed by atoms with Gasteiger partial charge in [0.25, 0.3) is 0 Å². The van der Waals surface area contributed by atoms with E-state index in [1.165, 1.54) is 6.33 Å². The summed E-state index contributed by atoms with van der Waals surface area (Å²) in [7, 11) is 0. The first-order chi connectivity index (χ1) is 17.4. The second kappa shape index (κ2) is 9.33. The van der Waals surface area contributed by atoms with E-state index in [9.17, 15) is 4.79 Å². The van der Waals surface area contributed by atoms with E-state index < -0.39 is 0 Å². The molecule has 0 radical (unpaired) electrons. The summed E-state index contributed by atoms with van der Waals surface area (Å²) >= 11 is 0. The average Bonchev–Trinajstić information content (AvgIpc) is 3.62. The Balaban J connectivity index is 1.48. The highest BCUT2D eigenvalue weighted by Gasteiger charge is 2.23. The molecule has 0 saturated heterocycles. The molecule has 1 aromatic carbocycles. The molecule has 5 rings (SSSR count). The summed E-state index contributed by atoms with van der Waals surface area (Å²) in [5.41, 5.74) is 3.94. The molecular formula is C25H28N10O. The Bertz CT molecular complexity index is 1520. The smallest absolute Gasteiger partial charge is 0.291 e. The number of aromatic nitrogens is 10. The average molecular weight is 485 g/mol. The highest BCUT2D eigenvalue weighted by atomic mass is 16.2. The van der Waals surface area contributed by atoms with Gasteiger partial charge in [-0.15, -0.1) is 10.2 Å². The molecule has 0 spiro atoms. The molecule has 36 heavy (non-hydrogen) atoms. The lowest BCUT2D eigenvalue weighted by Crippen LogP contribution is -2.31. The fraction of sp³-hybridized carbons (Fsp3) is 0.320. The van der Waals surface area contributed by atoms with E-state index in [-0.39, 0.29) is 11.2 Å². The predicted molar refractivity (Wildman–Crippen MR) is 135 cm³/mol. The largest absolute Gasteiger partial charge is 0.335 e. The molecule has 0 unspecified atom stereocenters. The minimum atomic E-state index is -0.310. The predicted octanol–water partition coefficient (Wildman–Crippen LogP) is 3.23. The maximum absolute atomic E-state index is 13.5. The third-order valence-electron chi connectivity index (χ3n) is 5.90. The van der Waals surface area contributed by atoms with Gasteiger partial charge in [-0.25, -0.2) is 14.0 Å². The highest BCUT2D eigenvalue weighted by molar-refractivity contribution is 5.78. The minimum absolute atomic E-state index is 0.150. The van der Waals surface area contributed by atoms with Crippen molar-refractivity contribution in [2.75, 3.05) is 0 Å². The number of nitrogens with zero attached hydrogens (tertiary/aromatic N) is 9. The zero-order chi connectivity index (χ0) is 25.3. The molecule has 0 aliphatic carbocycles. The van der Waals surface area contributed by atoms with Gasteiger partial charge in [-0.05, 0) is 44.0 Å². The van der Waals surface area contributed by atoms with Crippen LogP contribution in [-0.4, -0.2) is 49.5 Å². The highest BCUT2D eigenvalue weighted by Crippen LogP contribution is 2.28. The Morgan fingerprint density at radius 2 is 1.83 bits per heavy atom. The first-order valence-electron chi connectivity index (χ1n) is 11.9. The van der Waals surface area contributed by atoms with Crippen molar-refractivity contribution in [2.45, 2.75) is 52.6 Å². The number of tetrazole rings is 1. The maximum atomic E-state index is 13.5. The van der Waals surface area contributed by atoms with E-state index in [0.717, 1.165) is 40.9 Å². The number of rotatable bonds is 7. The summed E-state index contributed by atoms with van der Waals surface area (Å²) in [5.74, 6) is 1.02. The number of imidazole rings is 1. The monoisotopic (exact) mass is 484 g/mol. The van der Waals surface area contributed by atoms with Crippen LogP contribution >= 0.6 is 0 Å². The van der Waals surface area contributed by atoms with Gasteiger partial charge in [-0.3, -0.25) is 9.55 Å². The van der Waals surface area contributed by atoms with Crippen LogP contribution in [-0.2, 0) is 18.5 Å². The van der Waals surface area contributed by atoms with E-state index >= 15 is 0 Å². The number of hydrogen-bond acceptors (Lipinski definition) is 7. The Morgan fingerprint density at radius 1 is 1.03 bits per heavy atom. The van der Waals surface area contributed by atoms with Crippen molar-refractivity contribution in [1.29, 1.82) is 0 Å². The van der Waals surface area contributed by atoms with Gasteiger partial charge in [0, 0.05) is 29.2 Å². The molecule has 11 nitrogen and oxygen atoms in total. The first kappa shape index (κ1) is 23.3. The number of aromatic amines is 1. The van der Waals surface area contributed by atoms with Crippen molar-refractivity contribution < 1.29 is 0 Å². The Hall–Kier alpha value is -4.41. The van der Waals surface area contributed by atoms with Crippen molar-refractivity contribution in [3.05, 3.63) is 76.9 Å². The Labute approximate surface area is 207 Å². The number of benzene rings is 1. The normalized spacial score (nSPS) is 11.8. The lowest BCUT2D eigenvalue weighted by Gasteiger charge is -2.20. The molecule has 11 heteroatoms. The molecule has 184 valence electrons. The zero-order valence-corrected chi connectivity index (χ0v) is 20.8. The molecule has 0 aliphatic heterocycles. The molecule has 0 amide bonds. The standard InChI is InChI=1S/C25H28N10O/c1-5-8-18-15-34(23-27-16-28-35(23)25(2,3)4)24(36)33(18)14-17-11-12-21(26-13-17)19-9-6-7-10-20(19)22-29-31-32-30-22/h6-7,9-13,15-16H,5,8,14H2,1-4H3,(H,29,30,31,32). The first-order valence-corrected chi connectivity index (χ1v) is 11.9. The van der Waals surface area contributed by atoms with Gasteiger partial charge in [-0.1, -0.05) is 43.7 Å². The fourth-order valence-electron chi connectivity index (χ4n) is 4.21. The lowest BCUT2D eigenvalue weighted by molar-refractivity contribution is 0.349. The van der Waals surface area contributed by atoms with Crippen LogP contribution in [0.2, 0.25) is 0 Å². The third kappa shape index (κ3) is 4.35. The fourth-order valence-corrected chi connectivity index (χ4v) is 4.21. The number of pyridine rings is 1. The van der Waals surface area contributed by atoms with Gasteiger partial charge >= 0.3 is 5.69 Å². The van der Waals surface area contributed by atoms with Crippen LogP contribution in [0.1, 0.15) is 45.4 Å². The van der Waals surface area contributed by atoms with Crippen molar-refractivity contribution in [1.82, 2.24) is 49.5 Å². The zero-order valence-electron chi connectivity index (χ0n) is 20.8. The molecule has 0 bridgehead atoms. The quantitative estimate of drug-likeness (QED) is 0.376. The molecule has 0 aliphatic rings. The molecule has 0 fully saturated rings. The second-order valence-electron chi connectivity index (χ2n) is 9.58. The Kier molecular flexibility index (Phi) is 6.05. The van der Waals surface area contributed by atoms with Gasteiger partial charge in [0.05, 0.1) is 17.8 Å². The second-order valence-corrected chi connectivity index (χ2v) is 9.58. The van der Waals surface area contributed by atoms with Crippen molar-refractivity contribution in [3.63, 3.8) is 0 Å². The van der Waals surface area contributed by atoms with Crippen molar-refractivity contribution in [2.24, 2.45) is 0 Å². The minimum Gasteiger partial charge on any atom is -0.291 e.